The van der Waals surface area contributed by atoms with E-state index in [-0.39, 0.29) is 12.8 Å². The highest BCUT2D eigenvalue weighted by molar-refractivity contribution is 7.47. The minimum atomic E-state index is -4.88. The van der Waals surface area contributed by atoms with E-state index in [1.165, 1.54) is 122 Å². The lowest BCUT2D eigenvalue weighted by Crippen LogP contribution is -2.29. The van der Waals surface area contributed by atoms with Crippen LogP contribution in [-0.4, -0.2) is 81.6 Å². The predicted octanol–water partition coefficient (Wildman–Crippen LogP) is 13.0. The second kappa shape index (κ2) is 45.2. The molecule has 0 aromatic heterocycles. The maximum absolute atomic E-state index is 12.7. The van der Waals surface area contributed by atoms with Gasteiger partial charge in [-0.25, -0.2) is 9.13 Å². The number of aliphatic hydroxyl groups is 2. The van der Waals surface area contributed by atoms with Crippen molar-refractivity contribution < 1.29 is 66.7 Å². The van der Waals surface area contributed by atoms with Gasteiger partial charge in [-0.15, -0.1) is 0 Å². The van der Waals surface area contributed by atoms with Crippen LogP contribution in [0.5, 0.6) is 0 Å². The van der Waals surface area contributed by atoms with E-state index in [0.29, 0.717) is 32.1 Å². The number of phosphoric ester groups is 2. The Labute approximate surface area is 405 Å². The molecule has 2 unspecified atom stereocenters. The smallest absolute Gasteiger partial charge is 0.462 e. The molecule has 67 heavy (non-hydrogen) atoms. The van der Waals surface area contributed by atoms with Crippen LogP contribution in [-0.2, 0) is 41.8 Å². The van der Waals surface area contributed by atoms with Crippen LogP contribution in [0.3, 0.4) is 0 Å². The first-order valence-corrected chi connectivity index (χ1v) is 28.9. The first-order valence-electron chi connectivity index (χ1n) is 25.8. The number of unbranched alkanes of at least 4 members (excludes halogenated alkanes) is 21. The predicted molar refractivity (Wildman–Crippen MR) is 268 cm³/mol. The molecule has 16 heteroatoms. The minimum absolute atomic E-state index is 0.0221. The molecule has 0 rings (SSSR count). The second-order valence-electron chi connectivity index (χ2n) is 17.9. The number of phosphoric acid groups is 2. The molecule has 0 saturated heterocycles. The van der Waals surface area contributed by atoms with Crippen molar-refractivity contribution in [3.05, 3.63) is 48.6 Å². The average Bonchev–Trinajstić information content (AvgIpc) is 3.29. The molecule has 0 spiro atoms. The third-order valence-corrected chi connectivity index (χ3v) is 12.8. The Hall–Kier alpha value is -1.96. The largest absolute Gasteiger partial charge is 0.472 e. The molecule has 0 bridgehead atoms. The Morgan fingerprint density at radius 1 is 0.552 bits per heavy atom. The van der Waals surface area contributed by atoms with Crippen LogP contribution in [0.25, 0.3) is 0 Å². The van der Waals surface area contributed by atoms with E-state index in [9.17, 15) is 33.8 Å². The van der Waals surface area contributed by atoms with Gasteiger partial charge in [-0.05, 0) is 50.9 Å². The van der Waals surface area contributed by atoms with Crippen molar-refractivity contribution in [2.45, 2.75) is 232 Å². The zero-order chi connectivity index (χ0) is 49.7. The Morgan fingerprint density at radius 3 is 1.66 bits per heavy atom. The summed E-state index contributed by atoms with van der Waals surface area (Å²) in [7, 11) is -9.72. The minimum Gasteiger partial charge on any atom is -0.462 e. The molecular formula is C51H94O14P2. The summed E-state index contributed by atoms with van der Waals surface area (Å²) in [6.07, 6.45) is 44.1. The van der Waals surface area contributed by atoms with Gasteiger partial charge in [0, 0.05) is 12.8 Å². The highest BCUT2D eigenvalue weighted by Crippen LogP contribution is 2.44. The van der Waals surface area contributed by atoms with Crippen LogP contribution in [0.2, 0.25) is 0 Å². The van der Waals surface area contributed by atoms with Gasteiger partial charge in [0.2, 0.25) is 0 Å². The van der Waals surface area contributed by atoms with Gasteiger partial charge < -0.3 is 34.4 Å². The summed E-state index contributed by atoms with van der Waals surface area (Å²) in [5.74, 6) is -0.251. The van der Waals surface area contributed by atoms with Gasteiger partial charge in [0.25, 0.3) is 0 Å². The molecule has 14 nitrogen and oxygen atoms in total. The maximum Gasteiger partial charge on any atom is 0.472 e. The third kappa shape index (κ3) is 48.8. The Balaban J connectivity index is 4.49. The van der Waals surface area contributed by atoms with Gasteiger partial charge in [0.05, 0.1) is 25.9 Å². The lowest BCUT2D eigenvalue weighted by molar-refractivity contribution is -0.161. The molecule has 5 N–H and O–H groups in total. The van der Waals surface area contributed by atoms with Crippen molar-refractivity contribution in [1.82, 2.24) is 0 Å². The number of ether oxygens (including phenoxy) is 2. The van der Waals surface area contributed by atoms with Crippen molar-refractivity contribution in [1.29, 1.82) is 0 Å². The van der Waals surface area contributed by atoms with Crippen molar-refractivity contribution in [2.75, 3.05) is 26.4 Å². The van der Waals surface area contributed by atoms with E-state index in [1.54, 1.807) is 6.08 Å². The molecule has 0 aliphatic carbocycles. The van der Waals surface area contributed by atoms with E-state index in [2.05, 4.69) is 31.4 Å². The molecule has 392 valence electrons. The molecule has 0 aliphatic heterocycles. The molecule has 0 radical (unpaired) electrons. The number of rotatable bonds is 48. The lowest BCUT2D eigenvalue weighted by atomic mass is 9.99. The Morgan fingerprint density at radius 2 is 1.07 bits per heavy atom. The summed E-state index contributed by atoms with van der Waals surface area (Å²) in [4.78, 5) is 52.9. The summed E-state index contributed by atoms with van der Waals surface area (Å²) in [6.45, 7) is 4.00. The van der Waals surface area contributed by atoms with Crippen LogP contribution >= 0.6 is 15.6 Å². The number of hydrogen-bond acceptors (Lipinski definition) is 11. The molecule has 0 fully saturated rings. The second-order valence-corrected chi connectivity index (χ2v) is 20.6. The standard InChI is InChI=1S/C51H94O14P2/c1-4-6-7-8-22-28-33-38-47(52)39-34-29-24-21-26-31-36-41-51(55)65-49(45-64-67(59,60)63-43-48(53)42-62-66(56,57)58)44-61-50(54)40-35-30-25-20-18-16-14-12-10-9-11-13-15-17-19-23-27-32-37-46(3)5-2/h21-22,26,28-29,33-34,38,46-49,52-53H,4-20,23-25,27,30-32,35-37,39-45H2,1-3H3,(H,59,60)(H2,56,57,58)/b26-21+,28-22-,34-29-,38-33-/t46?,47-,48-,49+/m0/s1. The van der Waals surface area contributed by atoms with Gasteiger partial charge in [-0.3, -0.25) is 23.2 Å². The normalized spacial score (nSPS) is 15.2. The zero-order valence-corrected chi connectivity index (χ0v) is 43.6. The Kier molecular flexibility index (Phi) is 43.9. The first kappa shape index (κ1) is 65.0. The summed E-state index contributed by atoms with van der Waals surface area (Å²) in [6, 6.07) is 0. The van der Waals surface area contributed by atoms with E-state index >= 15 is 0 Å². The molecule has 0 heterocycles. The first-order chi connectivity index (χ1) is 32.2. The monoisotopic (exact) mass is 993 g/mol. The highest BCUT2D eigenvalue weighted by atomic mass is 31.2. The number of hydrogen-bond donors (Lipinski definition) is 5. The van der Waals surface area contributed by atoms with Gasteiger partial charge >= 0.3 is 27.6 Å². The molecule has 0 amide bonds. The number of aliphatic hydroxyl groups excluding tert-OH is 2. The van der Waals surface area contributed by atoms with Crippen LogP contribution < -0.4 is 0 Å². The van der Waals surface area contributed by atoms with Crippen molar-refractivity contribution in [3.8, 4) is 0 Å². The topological polar surface area (TPSA) is 216 Å². The number of esters is 2. The van der Waals surface area contributed by atoms with Gasteiger partial charge in [0.1, 0.15) is 12.7 Å². The van der Waals surface area contributed by atoms with Gasteiger partial charge in [-0.1, -0.05) is 204 Å². The molecule has 0 saturated carbocycles. The van der Waals surface area contributed by atoms with E-state index < -0.39 is 72.3 Å². The van der Waals surface area contributed by atoms with Crippen LogP contribution in [0.1, 0.15) is 213 Å². The summed E-state index contributed by atoms with van der Waals surface area (Å²) in [5, 5.41) is 19.9. The van der Waals surface area contributed by atoms with Gasteiger partial charge in [0.15, 0.2) is 6.10 Å². The van der Waals surface area contributed by atoms with Crippen LogP contribution in [0.4, 0.5) is 0 Å². The number of allylic oxidation sites excluding steroid dienone is 6. The van der Waals surface area contributed by atoms with Crippen LogP contribution in [0.15, 0.2) is 48.6 Å². The fourth-order valence-corrected chi connectivity index (χ4v) is 8.14. The van der Waals surface area contributed by atoms with E-state index in [0.717, 1.165) is 31.6 Å². The van der Waals surface area contributed by atoms with Crippen molar-refractivity contribution in [2.24, 2.45) is 5.92 Å². The Bertz CT molecular complexity index is 1400. The van der Waals surface area contributed by atoms with E-state index in [4.69, 9.17) is 28.3 Å². The summed E-state index contributed by atoms with van der Waals surface area (Å²) >= 11 is 0. The fourth-order valence-electron chi connectivity index (χ4n) is 6.99. The zero-order valence-electron chi connectivity index (χ0n) is 41.8. The molecule has 0 aliphatic rings. The quantitative estimate of drug-likeness (QED) is 0.0126. The van der Waals surface area contributed by atoms with E-state index in [1.807, 2.05) is 36.5 Å². The van der Waals surface area contributed by atoms with Gasteiger partial charge in [-0.2, -0.15) is 0 Å². The maximum atomic E-state index is 12.7. The number of carbonyl (C=O) groups is 2. The average molecular weight is 993 g/mol. The highest BCUT2D eigenvalue weighted by Gasteiger charge is 2.28. The lowest BCUT2D eigenvalue weighted by Gasteiger charge is -2.20. The molecule has 5 atom stereocenters. The summed E-state index contributed by atoms with van der Waals surface area (Å²) < 4.78 is 47.9. The van der Waals surface area contributed by atoms with Crippen molar-refractivity contribution in [3.63, 3.8) is 0 Å². The summed E-state index contributed by atoms with van der Waals surface area (Å²) in [5.41, 5.74) is 0. The third-order valence-electron chi connectivity index (χ3n) is 11.3. The molecule has 0 aromatic carbocycles. The fraction of sp³-hybridized carbons (Fsp3) is 0.804. The SMILES string of the molecule is CCCCC/C=C\C=C/[C@H](O)C/C=C\C/C=C/CCCC(=O)O[C@H](COC(=O)CCCCCCCCCCCCCCCCCCCCC(C)CC)COP(=O)(O)OC[C@@H](O)COP(=O)(O)O. The number of carbonyl (C=O) groups excluding carboxylic acids is 2. The van der Waals surface area contributed by atoms with Crippen LogP contribution in [0, 0.1) is 5.92 Å². The van der Waals surface area contributed by atoms with Crippen molar-refractivity contribution >= 4 is 27.6 Å². The molecule has 0 aromatic rings. The molecular weight excluding hydrogens is 898 g/mol.